The third-order valence-corrected chi connectivity index (χ3v) is 3.42. The van der Waals surface area contributed by atoms with E-state index in [4.69, 9.17) is 5.26 Å². The van der Waals surface area contributed by atoms with Crippen molar-refractivity contribution in [2.75, 3.05) is 0 Å². The van der Waals surface area contributed by atoms with E-state index in [1.165, 1.54) is 5.56 Å². The molecule has 0 atom stereocenters. The zero-order chi connectivity index (χ0) is 11.4. The lowest BCUT2D eigenvalue weighted by Crippen LogP contribution is -1.86. The lowest BCUT2D eigenvalue weighted by molar-refractivity contribution is 1.17. The summed E-state index contributed by atoms with van der Waals surface area (Å²) in [4.78, 5) is 6.10. The predicted octanol–water partition coefficient (Wildman–Crippen LogP) is 3.41. The first-order valence-electron chi connectivity index (χ1n) is 4.90. The average molecular weight is 226 g/mol. The maximum Gasteiger partial charge on any atom is 0.154 e. The van der Waals surface area contributed by atoms with Crippen molar-refractivity contribution in [1.29, 1.82) is 5.26 Å². The van der Waals surface area contributed by atoms with E-state index < -0.39 is 0 Å². The van der Waals surface area contributed by atoms with Gasteiger partial charge in [-0.25, -0.2) is 4.98 Å². The Labute approximate surface area is 99.0 Å². The predicted molar refractivity (Wildman–Crippen MR) is 64.3 cm³/mol. The van der Waals surface area contributed by atoms with Crippen molar-refractivity contribution in [3.05, 3.63) is 53.9 Å². The Hall–Kier alpha value is -1.79. The molecule has 2 nitrogen and oxygen atoms in total. The summed E-state index contributed by atoms with van der Waals surface area (Å²) in [5, 5.41) is 8.94. The van der Waals surface area contributed by atoms with Crippen molar-refractivity contribution < 1.29 is 0 Å². The van der Waals surface area contributed by atoms with Gasteiger partial charge in [0, 0.05) is 16.0 Å². The molecular weight excluding hydrogens is 216 g/mol. The molecule has 0 saturated carbocycles. The summed E-state index contributed by atoms with van der Waals surface area (Å²) in [7, 11) is 0. The molecule has 0 unspecified atom stereocenters. The number of nitrogens with zero attached hydrogens (tertiary/aromatic N) is 2. The van der Waals surface area contributed by atoms with Crippen LogP contribution in [-0.2, 0) is 0 Å². The Morgan fingerprint density at radius 2 is 1.88 bits per heavy atom. The van der Waals surface area contributed by atoms with E-state index >= 15 is 0 Å². The highest BCUT2D eigenvalue weighted by atomic mass is 32.2. The largest absolute Gasteiger partial charge is 0.244 e. The van der Waals surface area contributed by atoms with Crippen LogP contribution in [0.15, 0.2) is 52.4 Å². The third-order valence-electron chi connectivity index (χ3n) is 2.19. The van der Waals surface area contributed by atoms with Crippen LogP contribution in [0.5, 0.6) is 0 Å². The SMILES string of the molecule is Cc1ccccc1Sc1cccnc1C#N. The molecule has 0 aliphatic carbocycles. The first-order chi connectivity index (χ1) is 7.81. The Kier molecular flexibility index (Phi) is 3.23. The van der Waals surface area contributed by atoms with Crippen molar-refractivity contribution in [3.63, 3.8) is 0 Å². The standard InChI is InChI=1S/C13H10N2S/c1-10-5-2-3-6-12(10)16-13-7-4-8-15-11(13)9-14/h2-8H,1H3. The van der Waals surface area contributed by atoms with Crippen LogP contribution in [0.1, 0.15) is 11.3 Å². The lowest BCUT2D eigenvalue weighted by atomic mass is 10.2. The number of hydrogen-bond donors (Lipinski definition) is 0. The summed E-state index contributed by atoms with van der Waals surface area (Å²) in [5.41, 5.74) is 1.69. The molecule has 78 valence electrons. The van der Waals surface area contributed by atoms with Crippen LogP contribution >= 0.6 is 11.8 Å². The minimum atomic E-state index is 0.482. The van der Waals surface area contributed by atoms with Gasteiger partial charge in [0.15, 0.2) is 5.69 Å². The van der Waals surface area contributed by atoms with Crippen LogP contribution in [0, 0.1) is 18.3 Å². The fourth-order valence-electron chi connectivity index (χ4n) is 1.35. The van der Waals surface area contributed by atoms with E-state index in [1.807, 2.05) is 30.3 Å². The van der Waals surface area contributed by atoms with Crippen molar-refractivity contribution in [2.45, 2.75) is 16.7 Å². The first kappa shape index (κ1) is 10.7. The van der Waals surface area contributed by atoms with Gasteiger partial charge in [-0.1, -0.05) is 30.0 Å². The van der Waals surface area contributed by atoms with Gasteiger partial charge in [-0.05, 0) is 30.7 Å². The minimum absolute atomic E-state index is 0.482. The fourth-order valence-corrected chi connectivity index (χ4v) is 2.30. The van der Waals surface area contributed by atoms with Crippen molar-refractivity contribution >= 4 is 11.8 Å². The summed E-state index contributed by atoms with van der Waals surface area (Å²) in [6.45, 7) is 2.06. The van der Waals surface area contributed by atoms with Crippen molar-refractivity contribution in [1.82, 2.24) is 4.98 Å². The first-order valence-corrected chi connectivity index (χ1v) is 5.71. The summed E-state index contributed by atoms with van der Waals surface area (Å²) in [6, 6.07) is 14.0. The highest BCUT2D eigenvalue weighted by Gasteiger charge is 2.05. The summed E-state index contributed by atoms with van der Waals surface area (Å²) >= 11 is 1.58. The molecule has 0 amide bonds. The number of pyridine rings is 1. The van der Waals surface area contributed by atoms with Crippen molar-refractivity contribution in [3.8, 4) is 6.07 Å². The van der Waals surface area contributed by atoms with Gasteiger partial charge in [0.25, 0.3) is 0 Å². The number of rotatable bonds is 2. The topological polar surface area (TPSA) is 36.7 Å². The molecule has 0 spiro atoms. The van der Waals surface area contributed by atoms with Crippen molar-refractivity contribution in [2.24, 2.45) is 0 Å². The van der Waals surface area contributed by atoms with Gasteiger partial charge in [0.1, 0.15) is 6.07 Å². The number of aromatic nitrogens is 1. The Bertz CT molecular complexity index is 544. The highest BCUT2D eigenvalue weighted by Crippen LogP contribution is 2.31. The average Bonchev–Trinajstić information content (AvgIpc) is 2.33. The van der Waals surface area contributed by atoms with Crippen LogP contribution in [0.3, 0.4) is 0 Å². The number of benzene rings is 1. The van der Waals surface area contributed by atoms with Crippen LogP contribution in [0.2, 0.25) is 0 Å². The molecule has 0 N–H and O–H groups in total. The molecule has 2 aromatic rings. The Morgan fingerprint density at radius 3 is 2.62 bits per heavy atom. The van der Waals surface area contributed by atoms with Crippen LogP contribution in [0.25, 0.3) is 0 Å². The Balaban J connectivity index is 2.35. The van der Waals surface area contributed by atoms with Gasteiger partial charge in [0.2, 0.25) is 0 Å². The molecule has 2 rings (SSSR count). The van der Waals surface area contributed by atoms with Gasteiger partial charge in [-0.15, -0.1) is 0 Å². The monoisotopic (exact) mass is 226 g/mol. The molecule has 1 heterocycles. The van der Waals surface area contributed by atoms with E-state index in [1.54, 1.807) is 18.0 Å². The quantitative estimate of drug-likeness (QED) is 0.787. The van der Waals surface area contributed by atoms with Gasteiger partial charge in [-0.3, -0.25) is 0 Å². The molecule has 0 fully saturated rings. The second kappa shape index (κ2) is 4.82. The number of aryl methyl sites for hydroxylation is 1. The second-order valence-corrected chi connectivity index (χ2v) is 4.41. The number of nitriles is 1. The lowest BCUT2D eigenvalue weighted by Gasteiger charge is -2.05. The van der Waals surface area contributed by atoms with E-state index in [0.29, 0.717) is 5.69 Å². The van der Waals surface area contributed by atoms with Gasteiger partial charge in [0.05, 0.1) is 0 Å². The third kappa shape index (κ3) is 2.23. The van der Waals surface area contributed by atoms with E-state index in [9.17, 15) is 0 Å². The van der Waals surface area contributed by atoms with Crippen LogP contribution < -0.4 is 0 Å². The maximum atomic E-state index is 8.94. The maximum absolute atomic E-state index is 8.94. The summed E-state index contributed by atoms with van der Waals surface area (Å²) in [5.74, 6) is 0. The molecule has 1 aromatic carbocycles. The molecule has 0 bridgehead atoms. The van der Waals surface area contributed by atoms with Gasteiger partial charge in [-0.2, -0.15) is 5.26 Å². The van der Waals surface area contributed by atoms with E-state index in [-0.39, 0.29) is 0 Å². The highest BCUT2D eigenvalue weighted by molar-refractivity contribution is 7.99. The van der Waals surface area contributed by atoms with Gasteiger partial charge < -0.3 is 0 Å². The Morgan fingerprint density at radius 1 is 1.12 bits per heavy atom. The van der Waals surface area contributed by atoms with E-state index in [2.05, 4.69) is 24.0 Å². The van der Waals surface area contributed by atoms with Gasteiger partial charge >= 0.3 is 0 Å². The smallest absolute Gasteiger partial charge is 0.154 e. The summed E-state index contributed by atoms with van der Waals surface area (Å²) in [6.07, 6.45) is 1.64. The number of hydrogen-bond acceptors (Lipinski definition) is 3. The molecule has 0 aliphatic heterocycles. The zero-order valence-electron chi connectivity index (χ0n) is 8.84. The summed E-state index contributed by atoms with van der Waals surface area (Å²) < 4.78 is 0. The molecule has 0 radical (unpaired) electrons. The molecule has 0 aliphatic rings. The normalized spacial score (nSPS) is 9.75. The fraction of sp³-hybridized carbons (Fsp3) is 0.0769. The zero-order valence-corrected chi connectivity index (χ0v) is 9.66. The molecular formula is C13H10N2S. The molecule has 1 aromatic heterocycles. The molecule has 16 heavy (non-hydrogen) atoms. The van der Waals surface area contributed by atoms with Crippen LogP contribution in [-0.4, -0.2) is 4.98 Å². The minimum Gasteiger partial charge on any atom is -0.244 e. The second-order valence-electron chi connectivity index (χ2n) is 3.33. The van der Waals surface area contributed by atoms with Crippen LogP contribution in [0.4, 0.5) is 0 Å². The molecule has 0 saturated heterocycles. The van der Waals surface area contributed by atoms with E-state index in [0.717, 1.165) is 9.79 Å². The molecule has 3 heteroatoms.